The van der Waals surface area contributed by atoms with Crippen molar-refractivity contribution in [2.45, 2.75) is 25.1 Å². The van der Waals surface area contributed by atoms with Crippen molar-refractivity contribution >= 4 is 0 Å². The van der Waals surface area contributed by atoms with Crippen LogP contribution in [0.2, 0.25) is 0 Å². The summed E-state index contributed by atoms with van der Waals surface area (Å²) in [7, 11) is 1.83. The molecule has 0 spiro atoms. The number of rotatable bonds is 1. The van der Waals surface area contributed by atoms with Crippen LogP contribution in [-0.4, -0.2) is 37.3 Å². The van der Waals surface area contributed by atoms with Crippen LogP contribution >= 0.6 is 0 Å². The van der Waals surface area contributed by atoms with Crippen LogP contribution in [-0.2, 0) is 0 Å². The Kier molecular flexibility index (Phi) is 3.18. The van der Waals surface area contributed by atoms with E-state index in [-0.39, 0.29) is 0 Å². The van der Waals surface area contributed by atoms with E-state index in [1.807, 2.05) is 11.9 Å². The van der Waals surface area contributed by atoms with Crippen molar-refractivity contribution in [2.75, 3.05) is 20.1 Å². The highest BCUT2D eigenvalue weighted by Crippen LogP contribution is 2.28. The smallest absolute Gasteiger partial charge is 0.320 e. The molecular weight excluding hydrogens is 181 g/mol. The van der Waals surface area contributed by atoms with Crippen LogP contribution in [0.5, 0.6) is 0 Å². The van der Waals surface area contributed by atoms with Gasteiger partial charge in [0.2, 0.25) is 0 Å². The molecule has 1 aliphatic rings. The third kappa shape index (κ3) is 2.84. The minimum absolute atomic E-state index is 0.432. The van der Waals surface area contributed by atoms with Gasteiger partial charge in [-0.3, -0.25) is 0 Å². The molecule has 0 aromatic rings. The van der Waals surface area contributed by atoms with Gasteiger partial charge in [-0.25, -0.2) is 0 Å². The van der Waals surface area contributed by atoms with Gasteiger partial charge in [0.25, 0.3) is 0 Å². The average Bonchev–Trinajstić information content (AvgIpc) is 2.01. The molecular formula is C8H15F3N2. The highest BCUT2D eigenvalue weighted by Gasteiger charge is 2.42. The molecule has 0 aliphatic carbocycles. The number of likely N-dealkylation sites (tertiary alicyclic amines) is 1. The molecule has 0 aromatic heterocycles. The van der Waals surface area contributed by atoms with Crippen molar-refractivity contribution in [3.63, 3.8) is 0 Å². The molecule has 2 unspecified atom stereocenters. The second kappa shape index (κ2) is 3.84. The van der Waals surface area contributed by atoms with Crippen LogP contribution < -0.4 is 5.73 Å². The Bertz CT molecular complexity index is 169. The molecule has 13 heavy (non-hydrogen) atoms. The molecule has 1 rings (SSSR count). The lowest BCUT2D eigenvalue weighted by molar-refractivity contribution is -0.162. The van der Waals surface area contributed by atoms with Crippen molar-refractivity contribution in [3.05, 3.63) is 0 Å². The van der Waals surface area contributed by atoms with Crippen LogP contribution in [0.1, 0.15) is 12.8 Å². The predicted octanol–water partition coefficient (Wildman–Crippen LogP) is 1.22. The Labute approximate surface area is 75.9 Å². The van der Waals surface area contributed by atoms with E-state index in [1.165, 1.54) is 0 Å². The number of nitrogens with zero attached hydrogens (tertiary/aromatic N) is 1. The van der Waals surface area contributed by atoms with E-state index in [0.29, 0.717) is 13.0 Å². The van der Waals surface area contributed by atoms with E-state index < -0.39 is 18.1 Å². The Morgan fingerprint density at radius 1 is 1.46 bits per heavy atom. The molecule has 0 aromatic carbocycles. The number of halogens is 3. The molecule has 0 bridgehead atoms. The van der Waals surface area contributed by atoms with Gasteiger partial charge in [0.05, 0.1) is 0 Å². The molecule has 1 aliphatic heterocycles. The molecule has 0 amide bonds. The van der Waals surface area contributed by atoms with E-state index in [9.17, 15) is 13.2 Å². The van der Waals surface area contributed by atoms with Crippen molar-refractivity contribution in [2.24, 2.45) is 11.7 Å². The predicted molar refractivity (Wildman–Crippen MR) is 44.3 cm³/mol. The van der Waals surface area contributed by atoms with Gasteiger partial charge in [0.15, 0.2) is 0 Å². The normalized spacial score (nSPS) is 28.8. The molecule has 78 valence electrons. The second-order valence-electron chi connectivity index (χ2n) is 3.73. The number of nitrogens with two attached hydrogens (primary N) is 1. The van der Waals surface area contributed by atoms with Gasteiger partial charge in [-0.1, -0.05) is 0 Å². The van der Waals surface area contributed by atoms with Crippen molar-refractivity contribution in [3.8, 4) is 0 Å². The number of hydrogen-bond acceptors (Lipinski definition) is 2. The lowest BCUT2D eigenvalue weighted by Gasteiger charge is -2.33. The Morgan fingerprint density at radius 2 is 2.08 bits per heavy atom. The zero-order chi connectivity index (χ0) is 10.1. The topological polar surface area (TPSA) is 29.3 Å². The third-order valence-electron chi connectivity index (χ3n) is 2.55. The van der Waals surface area contributed by atoms with Gasteiger partial charge < -0.3 is 10.6 Å². The minimum Gasteiger partial charge on any atom is -0.320 e. The van der Waals surface area contributed by atoms with Gasteiger partial charge in [0, 0.05) is 6.54 Å². The zero-order valence-corrected chi connectivity index (χ0v) is 7.64. The zero-order valence-electron chi connectivity index (χ0n) is 7.64. The van der Waals surface area contributed by atoms with Crippen LogP contribution in [0.15, 0.2) is 0 Å². The van der Waals surface area contributed by atoms with Gasteiger partial charge >= 0.3 is 6.18 Å². The Morgan fingerprint density at radius 3 is 2.54 bits per heavy atom. The lowest BCUT2D eigenvalue weighted by Crippen LogP contribution is -2.49. The Balaban J connectivity index is 2.51. The molecule has 1 fully saturated rings. The quantitative estimate of drug-likeness (QED) is 0.683. The number of piperidine rings is 1. The standard InChI is InChI=1S/C8H15F3N2/c1-13-4-2-3-6(5-13)7(12)8(9,10)11/h6-7H,2-5,12H2,1H3. The maximum absolute atomic E-state index is 12.2. The van der Waals surface area contributed by atoms with Gasteiger partial charge in [0.1, 0.15) is 6.04 Å². The largest absolute Gasteiger partial charge is 0.403 e. The maximum Gasteiger partial charge on any atom is 0.403 e. The molecule has 1 heterocycles. The molecule has 1 saturated heterocycles. The van der Waals surface area contributed by atoms with Gasteiger partial charge in [-0.2, -0.15) is 13.2 Å². The van der Waals surface area contributed by atoms with Crippen molar-refractivity contribution < 1.29 is 13.2 Å². The summed E-state index contributed by atoms with van der Waals surface area (Å²) in [5, 5.41) is 0. The average molecular weight is 196 g/mol. The van der Waals surface area contributed by atoms with E-state index in [4.69, 9.17) is 5.73 Å². The SMILES string of the molecule is CN1CCCC(C(N)C(F)(F)F)C1. The summed E-state index contributed by atoms with van der Waals surface area (Å²) >= 11 is 0. The first kappa shape index (κ1) is 10.8. The first-order valence-electron chi connectivity index (χ1n) is 4.42. The second-order valence-corrected chi connectivity index (χ2v) is 3.73. The minimum atomic E-state index is -4.25. The molecule has 2 atom stereocenters. The summed E-state index contributed by atoms with van der Waals surface area (Å²) in [6.07, 6.45) is -2.85. The van der Waals surface area contributed by atoms with Gasteiger partial charge in [-0.15, -0.1) is 0 Å². The molecule has 5 heteroatoms. The summed E-state index contributed by atoms with van der Waals surface area (Å²) in [6.45, 7) is 1.34. The first-order chi connectivity index (χ1) is 5.91. The van der Waals surface area contributed by atoms with E-state index in [0.717, 1.165) is 13.0 Å². The first-order valence-corrected chi connectivity index (χ1v) is 4.42. The van der Waals surface area contributed by atoms with Crippen LogP contribution in [0, 0.1) is 5.92 Å². The fraction of sp³-hybridized carbons (Fsp3) is 1.00. The highest BCUT2D eigenvalue weighted by atomic mass is 19.4. The fourth-order valence-corrected chi connectivity index (χ4v) is 1.77. The third-order valence-corrected chi connectivity index (χ3v) is 2.55. The highest BCUT2D eigenvalue weighted by molar-refractivity contribution is 4.84. The van der Waals surface area contributed by atoms with E-state index >= 15 is 0 Å². The van der Waals surface area contributed by atoms with Crippen LogP contribution in [0.4, 0.5) is 13.2 Å². The molecule has 2 N–H and O–H groups in total. The van der Waals surface area contributed by atoms with Crippen LogP contribution in [0.3, 0.4) is 0 Å². The van der Waals surface area contributed by atoms with E-state index in [2.05, 4.69) is 0 Å². The van der Waals surface area contributed by atoms with Crippen molar-refractivity contribution in [1.82, 2.24) is 4.90 Å². The molecule has 2 nitrogen and oxygen atoms in total. The maximum atomic E-state index is 12.2. The summed E-state index contributed by atoms with van der Waals surface area (Å²) < 4.78 is 36.7. The summed E-state index contributed by atoms with van der Waals surface area (Å²) in [5.74, 6) is -0.432. The fourth-order valence-electron chi connectivity index (χ4n) is 1.77. The Hall–Kier alpha value is -0.290. The van der Waals surface area contributed by atoms with Gasteiger partial charge in [-0.05, 0) is 32.4 Å². The lowest BCUT2D eigenvalue weighted by atomic mass is 9.91. The molecule has 0 radical (unpaired) electrons. The summed E-state index contributed by atoms with van der Waals surface area (Å²) in [5.41, 5.74) is 5.14. The van der Waals surface area contributed by atoms with Crippen molar-refractivity contribution in [1.29, 1.82) is 0 Å². The number of alkyl halides is 3. The summed E-state index contributed by atoms with van der Waals surface area (Å²) in [6, 6.07) is -1.66. The van der Waals surface area contributed by atoms with E-state index in [1.54, 1.807) is 0 Å². The monoisotopic (exact) mass is 196 g/mol. The number of hydrogen-bond donors (Lipinski definition) is 1. The van der Waals surface area contributed by atoms with Crippen LogP contribution in [0.25, 0.3) is 0 Å². The molecule has 0 saturated carbocycles. The summed E-state index contributed by atoms with van der Waals surface area (Å²) in [4.78, 5) is 1.90.